The van der Waals surface area contributed by atoms with E-state index in [0.29, 0.717) is 18.9 Å². The molecule has 0 aliphatic carbocycles. The lowest BCUT2D eigenvalue weighted by molar-refractivity contribution is -0.0729. The fourth-order valence-corrected chi connectivity index (χ4v) is 2.09. The van der Waals surface area contributed by atoms with Crippen LogP contribution in [0, 0.1) is 0 Å². The summed E-state index contributed by atoms with van der Waals surface area (Å²) in [6.45, 7) is 5.40. The second-order valence-electron chi connectivity index (χ2n) is 4.63. The number of rotatable bonds is 3. The number of nitrogens with zero attached hydrogens (tertiary/aromatic N) is 3. The minimum absolute atomic E-state index is 0.120. The number of ether oxygens (including phenoxy) is 1. The predicted octanol–water partition coefficient (Wildman–Crippen LogP) is 1.90. The van der Waals surface area contributed by atoms with E-state index in [1.54, 1.807) is 17.2 Å². The highest BCUT2D eigenvalue weighted by molar-refractivity contribution is 5.88. The lowest BCUT2D eigenvalue weighted by Gasteiger charge is -2.37. The van der Waals surface area contributed by atoms with Crippen LogP contribution >= 0.6 is 0 Å². The number of hydrogen-bond acceptors (Lipinski definition) is 4. The number of morpholine rings is 1. The predicted molar refractivity (Wildman–Crippen MR) is 71.9 cm³/mol. The Morgan fingerprint density at radius 2 is 2.11 bits per heavy atom. The van der Waals surface area contributed by atoms with Gasteiger partial charge in [0.1, 0.15) is 12.1 Å². The summed E-state index contributed by atoms with van der Waals surface area (Å²) in [5.41, 5.74) is 0. The first-order valence-corrected chi connectivity index (χ1v) is 6.70. The number of aromatic nitrogens is 2. The minimum atomic E-state index is -0.126. The number of amides is 2. The Morgan fingerprint density at radius 1 is 1.42 bits per heavy atom. The van der Waals surface area contributed by atoms with Crippen LogP contribution in [0.15, 0.2) is 18.6 Å². The van der Waals surface area contributed by atoms with Crippen molar-refractivity contribution in [1.82, 2.24) is 14.9 Å². The molecule has 2 heterocycles. The van der Waals surface area contributed by atoms with Gasteiger partial charge in [-0.3, -0.25) is 5.32 Å². The van der Waals surface area contributed by atoms with E-state index in [4.69, 9.17) is 4.74 Å². The Hall–Kier alpha value is -1.69. The number of hydrogen-bond donors (Lipinski definition) is 1. The molecule has 0 aromatic carbocycles. The molecule has 0 radical (unpaired) electrons. The van der Waals surface area contributed by atoms with Crippen molar-refractivity contribution >= 4 is 11.8 Å². The van der Waals surface area contributed by atoms with Gasteiger partial charge in [-0.15, -0.1) is 0 Å². The summed E-state index contributed by atoms with van der Waals surface area (Å²) in [7, 11) is 0. The van der Waals surface area contributed by atoms with E-state index in [-0.39, 0.29) is 18.2 Å². The van der Waals surface area contributed by atoms with Gasteiger partial charge < -0.3 is 9.64 Å². The summed E-state index contributed by atoms with van der Waals surface area (Å²) in [4.78, 5) is 21.8. The third-order valence-corrected chi connectivity index (χ3v) is 3.25. The smallest absolute Gasteiger partial charge is 0.323 e. The summed E-state index contributed by atoms with van der Waals surface area (Å²) in [5.74, 6) is 0.521. The Labute approximate surface area is 113 Å². The summed E-state index contributed by atoms with van der Waals surface area (Å²) in [6, 6.07) is 1.55. The van der Waals surface area contributed by atoms with Gasteiger partial charge in [0.05, 0.1) is 12.2 Å². The fraction of sp³-hybridized carbons (Fsp3) is 0.615. The molecule has 6 nitrogen and oxygen atoms in total. The van der Waals surface area contributed by atoms with Crippen molar-refractivity contribution in [1.29, 1.82) is 0 Å². The van der Waals surface area contributed by atoms with Crippen molar-refractivity contribution in [3.63, 3.8) is 0 Å². The van der Waals surface area contributed by atoms with Crippen LogP contribution in [0.5, 0.6) is 0 Å². The van der Waals surface area contributed by atoms with Crippen LogP contribution in [0.25, 0.3) is 0 Å². The van der Waals surface area contributed by atoms with Crippen molar-refractivity contribution in [2.75, 3.05) is 18.4 Å². The van der Waals surface area contributed by atoms with E-state index in [2.05, 4.69) is 29.1 Å². The molecule has 19 heavy (non-hydrogen) atoms. The van der Waals surface area contributed by atoms with E-state index in [0.717, 1.165) is 12.8 Å². The Morgan fingerprint density at radius 3 is 2.63 bits per heavy atom. The second-order valence-corrected chi connectivity index (χ2v) is 4.63. The Balaban J connectivity index is 1.97. The number of anilines is 1. The van der Waals surface area contributed by atoms with E-state index < -0.39 is 0 Å². The highest BCUT2D eigenvalue weighted by Crippen LogP contribution is 2.16. The highest BCUT2D eigenvalue weighted by Gasteiger charge is 2.28. The average molecular weight is 264 g/mol. The first-order chi connectivity index (χ1) is 9.22. The molecule has 0 bridgehead atoms. The first kappa shape index (κ1) is 13.7. The molecule has 1 aromatic rings. The summed E-state index contributed by atoms with van der Waals surface area (Å²) in [5, 5.41) is 2.78. The molecule has 1 N–H and O–H groups in total. The van der Waals surface area contributed by atoms with Crippen LogP contribution < -0.4 is 5.32 Å². The van der Waals surface area contributed by atoms with Crippen molar-refractivity contribution in [3.8, 4) is 0 Å². The monoisotopic (exact) mass is 264 g/mol. The molecule has 2 rings (SSSR count). The second kappa shape index (κ2) is 6.47. The Bertz CT molecular complexity index is 400. The molecule has 1 saturated heterocycles. The van der Waals surface area contributed by atoms with Gasteiger partial charge in [0.15, 0.2) is 0 Å². The SMILES string of the molecule is CCC1CN(C(=O)Nc2ccncn2)CC(CC)O1. The fourth-order valence-electron chi connectivity index (χ4n) is 2.09. The van der Waals surface area contributed by atoms with E-state index in [1.165, 1.54) is 6.33 Å². The van der Waals surface area contributed by atoms with Gasteiger partial charge >= 0.3 is 6.03 Å². The third-order valence-electron chi connectivity index (χ3n) is 3.25. The van der Waals surface area contributed by atoms with Crippen molar-refractivity contribution in [2.45, 2.75) is 38.9 Å². The molecule has 2 amide bonds. The molecule has 0 saturated carbocycles. The van der Waals surface area contributed by atoms with Crippen LogP contribution in [-0.2, 0) is 4.74 Å². The lowest BCUT2D eigenvalue weighted by atomic mass is 10.1. The van der Waals surface area contributed by atoms with Crippen LogP contribution in [0.2, 0.25) is 0 Å². The zero-order chi connectivity index (χ0) is 13.7. The highest BCUT2D eigenvalue weighted by atomic mass is 16.5. The van der Waals surface area contributed by atoms with E-state index in [9.17, 15) is 4.79 Å². The summed E-state index contributed by atoms with van der Waals surface area (Å²) in [6.07, 6.45) is 5.08. The van der Waals surface area contributed by atoms with Gasteiger partial charge in [0, 0.05) is 19.3 Å². The topological polar surface area (TPSA) is 67.4 Å². The third kappa shape index (κ3) is 3.64. The maximum atomic E-state index is 12.2. The number of carbonyl (C=O) groups is 1. The zero-order valence-corrected chi connectivity index (χ0v) is 11.4. The van der Waals surface area contributed by atoms with Gasteiger partial charge in [-0.25, -0.2) is 14.8 Å². The standard InChI is InChI=1S/C13H20N4O2/c1-3-10-7-17(8-11(4-2)19-10)13(18)16-12-5-6-14-9-15-12/h5-6,9-11H,3-4,7-8H2,1-2H3,(H,14,15,16,18). The average Bonchev–Trinajstić information content (AvgIpc) is 2.47. The largest absolute Gasteiger partial charge is 0.371 e. The Kier molecular flexibility index (Phi) is 4.68. The molecule has 2 unspecified atom stereocenters. The van der Waals surface area contributed by atoms with Crippen LogP contribution in [-0.4, -0.2) is 46.2 Å². The van der Waals surface area contributed by atoms with Crippen molar-refractivity contribution in [3.05, 3.63) is 18.6 Å². The molecule has 1 aliphatic heterocycles. The number of urea groups is 1. The normalized spacial score (nSPS) is 23.2. The maximum Gasteiger partial charge on any atom is 0.323 e. The molecular weight excluding hydrogens is 244 g/mol. The number of nitrogens with one attached hydrogen (secondary N) is 1. The summed E-state index contributed by atoms with van der Waals surface area (Å²) >= 11 is 0. The zero-order valence-electron chi connectivity index (χ0n) is 11.4. The van der Waals surface area contributed by atoms with Crippen LogP contribution in [0.4, 0.5) is 10.6 Å². The lowest BCUT2D eigenvalue weighted by Crippen LogP contribution is -2.51. The molecule has 2 atom stereocenters. The molecular formula is C13H20N4O2. The van der Waals surface area contributed by atoms with Crippen LogP contribution in [0.3, 0.4) is 0 Å². The number of carbonyl (C=O) groups excluding carboxylic acids is 1. The van der Waals surface area contributed by atoms with Gasteiger partial charge in [-0.1, -0.05) is 13.8 Å². The van der Waals surface area contributed by atoms with E-state index in [1.807, 2.05) is 0 Å². The molecule has 1 aromatic heterocycles. The van der Waals surface area contributed by atoms with Gasteiger partial charge in [-0.05, 0) is 18.9 Å². The molecule has 1 aliphatic rings. The minimum Gasteiger partial charge on any atom is -0.371 e. The first-order valence-electron chi connectivity index (χ1n) is 6.70. The summed E-state index contributed by atoms with van der Waals surface area (Å²) < 4.78 is 5.87. The van der Waals surface area contributed by atoms with E-state index >= 15 is 0 Å². The van der Waals surface area contributed by atoms with Crippen molar-refractivity contribution in [2.24, 2.45) is 0 Å². The van der Waals surface area contributed by atoms with Crippen LogP contribution in [0.1, 0.15) is 26.7 Å². The molecule has 104 valence electrons. The van der Waals surface area contributed by atoms with Crippen molar-refractivity contribution < 1.29 is 9.53 Å². The van der Waals surface area contributed by atoms with Gasteiger partial charge in [0.2, 0.25) is 0 Å². The van der Waals surface area contributed by atoms with Gasteiger partial charge in [0.25, 0.3) is 0 Å². The van der Waals surface area contributed by atoms with Gasteiger partial charge in [-0.2, -0.15) is 0 Å². The molecule has 6 heteroatoms. The molecule has 0 spiro atoms. The quantitative estimate of drug-likeness (QED) is 0.905. The maximum absolute atomic E-state index is 12.2. The molecule has 1 fully saturated rings.